The molecule has 0 saturated heterocycles. The summed E-state index contributed by atoms with van der Waals surface area (Å²) < 4.78 is 20.0. The van der Waals surface area contributed by atoms with Crippen molar-refractivity contribution in [2.24, 2.45) is 0 Å². The molecule has 1 aliphatic rings. The molecule has 1 N–H and O–H groups in total. The van der Waals surface area contributed by atoms with Gasteiger partial charge in [0.05, 0.1) is 12.6 Å². The van der Waals surface area contributed by atoms with E-state index in [4.69, 9.17) is 4.74 Å². The van der Waals surface area contributed by atoms with Gasteiger partial charge >= 0.3 is 0 Å². The summed E-state index contributed by atoms with van der Waals surface area (Å²) >= 11 is 0. The first-order valence-corrected chi connectivity index (χ1v) is 7.05. The van der Waals surface area contributed by atoms with Crippen molar-refractivity contribution in [3.05, 3.63) is 47.0 Å². The highest BCUT2D eigenvalue weighted by molar-refractivity contribution is 5.32. The molecule has 1 unspecified atom stereocenters. The van der Waals surface area contributed by atoms with Gasteiger partial charge in [0, 0.05) is 5.56 Å². The first-order valence-electron chi connectivity index (χ1n) is 7.05. The fourth-order valence-corrected chi connectivity index (χ4v) is 2.32. The minimum atomic E-state index is -0.167. The number of allylic oxidation sites excluding steroid dienone is 1. The molecule has 0 fully saturated rings. The van der Waals surface area contributed by atoms with Gasteiger partial charge in [0.1, 0.15) is 11.6 Å². The van der Waals surface area contributed by atoms with Crippen LogP contribution in [-0.2, 0) is 4.74 Å². The number of halogens is 1. The Hall–Kier alpha value is -1.35. The molecular weight excluding hydrogens is 241 g/mol. The summed E-state index contributed by atoms with van der Waals surface area (Å²) in [5.41, 5.74) is 1.36. The Labute approximate surface area is 114 Å². The molecule has 2 rings (SSSR count). The Kier molecular flexibility index (Phi) is 4.97. The lowest BCUT2D eigenvalue weighted by Gasteiger charge is -2.25. The quantitative estimate of drug-likeness (QED) is 0.870. The lowest BCUT2D eigenvalue weighted by Crippen LogP contribution is -2.27. The summed E-state index contributed by atoms with van der Waals surface area (Å²) in [6.07, 6.45) is 5.14. The summed E-state index contributed by atoms with van der Waals surface area (Å²) in [7, 11) is 0. The third-order valence-corrected chi connectivity index (χ3v) is 3.38. The number of ether oxygens (including phenoxy) is 1. The minimum absolute atomic E-state index is 0.133. The third kappa shape index (κ3) is 3.35. The van der Waals surface area contributed by atoms with Crippen LogP contribution in [0.25, 0.3) is 0 Å². The van der Waals surface area contributed by atoms with Crippen LogP contribution < -0.4 is 5.32 Å². The molecule has 0 bridgehead atoms. The highest BCUT2D eigenvalue weighted by atomic mass is 19.1. The molecule has 1 heterocycles. The van der Waals surface area contributed by atoms with E-state index in [-0.39, 0.29) is 11.9 Å². The van der Waals surface area contributed by atoms with Crippen LogP contribution in [0.3, 0.4) is 0 Å². The molecule has 1 aliphatic heterocycles. The van der Waals surface area contributed by atoms with Gasteiger partial charge in [-0.25, -0.2) is 4.39 Å². The summed E-state index contributed by atoms with van der Waals surface area (Å²) in [5.74, 6) is 0.732. The van der Waals surface area contributed by atoms with Crippen molar-refractivity contribution in [3.63, 3.8) is 0 Å². The molecular formula is C16H22FNO. The highest BCUT2D eigenvalue weighted by Gasteiger charge is 2.22. The van der Waals surface area contributed by atoms with Crippen LogP contribution in [0.2, 0.25) is 0 Å². The fourth-order valence-electron chi connectivity index (χ4n) is 2.32. The summed E-state index contributed by atoms with van der Waals surface area (Å²) in [5, 5.41) is 3.39. The number of benzene rings is 1. The summed E-state index contributed by atoms with van der Waals surface area (Å²) in [6, 6.07) is 5.37. The molecule has 0 radical (unpaired) electrons. The van der Waals surface area contributed by atoms with Crippen LogP contribution in [0.4, 0.5) is 4.39 Å². The van der Waals surface area contributed by atoms with E-state index in [0.29, 0.717) is 11.1 Å². The molecule has 1 atom stereocenters. The Morgan fingerprint density at radius 2 is 2.26 bits per heavy atom. The zero-order valence-corrected chi connectivity index (χ0v) is 11.7. The molecule has 0 spiro atoms. The minimum Gasteiger partial charge on any atom is -0.496 e. The van der Waals surface area contributed by atoms with Gasteiger partial charge in [-0.15, -0.1) is 0 Å². The van der Waals surface area contributed by atoms with Crippen molar-refractivity contribution < 1.29 is 9.13 Å². The number of aryl methyl sites for hydroxylation is 1. The molecule has 19 heavy (non-hydrogen) atoms. The van der Waals surface area contributed by atoms with Crippen molar-refractivity contribution in [1.82, 2.24) is 5.32 Å². The summed E-state index contributed by atoms with van der Waals surface area (Å²) in [6.45, 7) is 5.47. The number of hydrogen-bond donors (Lipinski definition) is 1. The molecule has 2 nitrogen and oxygen atoms in total. The molecule has 0 aliphatic carbocycles. The average molecular weight is 263 g/mol. The van der Waals surface area contributed by atoms with Crippen LogP contribution >= 0.6 is 0 Å². The molecule has 0 saturated carbocycles. The maximum absolute atomic E-state index is 14.3. The van der Waals surface area contributed by atoms with E-state index in [2.05, 4.69) is 18.3 Å². The molecule has 0 aromatic heterocycles. The van der Waals surface area contributed by atoms with E-state index in [1.54, 1.807) is 13.0 Å². The van der Waals surface area contributed by atoms with E-state index in [9.17, 15) is 4.39 Å². The molecule has 3 heteroatoms. The standard InChI is InChI=1S/C16H22FNO/c1-3-10-18-16(14-9-4-5-11-19-14)13-8-6-7-12(2)15(13)17/h6-9,16,18H,3-5,10-11H2,1-2H3. The predicted molar refractivity (Wildman–Crippen MR) is 75.4 cm³/mol. The van der Waals surface area contributed by atoms with Crippen LogP contribution in [0.15, 0.2) is 30.0 Å². The van der Waals surface area contributed by atoms with Gasteiger partial charge in [-0.1, -0.05) is 25.1 Å². The van der Waals surface area contributed by atoms with Crippen molar-refractivity contribution in [1.29, 1.82) is 0 Å². The molecule has 104 valence electrons. The molecule has 1 aromatic rings. The fraction of sp³-hybridized carbons (Fsp3) is 0.500. The normalized spacial score (nSPS) is 16.7. The third-order valence-electron chi connectivity index (χ3n) is 3.38. The smallest absolute Gasteiger partial charge is 0.131 e. The van der Waals surface area contributed by atoms with Crippen molar-refractivity contribution >= 4 is 0 Å². The second-order valence-electron chi connectivity index (χ2n) is 4.96. The van der Waals surface area contributed by atoms with Crippen molar-refractivity contribution in [2.75, 3.05) is 13.2 Å². The number of nitrogens with one attached hydrogen (secondary N) is 1. The van der Waals surface area contributed by atoms with E-state index >= 15 is 0 Å². The molecule has 0 amide bonds. The van der Waals surface area contributed by atoms with Crippen LogP contribution in [0, 0.1) is 12.7 Å². The monoisotopic (exact) mass is 263 g/mol. The van der Waals surface area contributed by atoms with Gasteiger partial charge in [0.15, 0.2) is 0 Å². The van der Waals surface area contributed by atoms with Crippen LogP contribution in [0.1, 0.15) is 43.4 Å². The van der Waals surface area contributed by atoms with Crippen LogP contribution in [0.5, 0.6) is 0 Å². The van der Waals surface area contributed by atoms with Crippen molar-refractivity contribution in [3.8, 4) is 0 Å². The Balaban J connectivity index is 2.30. The van der Waals surface area contributed by atoms with Crippen molar-refractivity contribution in [2.45, 2.75) is 39.2 Å². The lowest BCUT2D eigenvalue weighted by molar-refractivity contribution is 0.166. The van der Waals surface area contributed by atoms with E-state index < -0.39 is 0 Å². The highest BCUT2D eigenvalue weighted by Crippen LogP contribution is 2.29. The Morgan fingerprint density at radius 1 is 1.42 bits per heavy atom. The van der Waals surface area contributed by atoms with E-state index in [1.165, 1.54) is 0 Å². The second-order valence-corrected chi connectivity index (χ2v) is 4.96. The van der Waals surface area contributed by atoms with Gasteiger partial charge in [-0.3, -0.25) is 0 Å². The predicted octanol–water partition coefficient (Wildman–Crippen LogP) is 3.87. The first kappa shape index (κ1) is 14.1. The zero-order valence-electron chi connectivity index (χ0n) is 11.7. The first-order chi connectivity index (χ1) is 9.24. The topological polar surface area (TPSA) is 21.3 Å². The Morgan fingerprint density at radius 3 is 2.95 bits per heavy atom. The second kappa shape index (κ2) is 6.71. The molecule has 1 aromatic carbocycles. The average Bonchev–Trinajstić information content (AvgIpc) is 2.45. The maximum Gasteiger partial charge on any atom is 0.131 e. The van der Waals surface area contributed by atoms with E-state index in [0.717, 1.165) is 38.2 Å². The van der Waals surface area contributed by atoms with Gasteiger partial charge < -0.3 is 10.1 Å². The number of rotatable bonds is 5. The van der Waals surface area contributed by atoms with E-state index in [1.807, 2.05) is 12.1 Å². The Bertz CT molecular complexity index is 456. The van der Waals surface area contributed by atoms with Gasteiger partial charge in [-0.2, -0.15) is 0 Å². The maximum atomic E-state index is 14.3. The zero-order chi connectivity index (χ0) is 13.7. The SMILES string of the molecule is CCCNC(C1=CCCCO1)c1cccc(C)c1F. The summed E-state index contributed by atoms with van der Waals surface area (Å²) in [4.78, 5) is 0. The van der Waals surface area contributed by atoms with Crippen LogP contribution in [-0.4, -0.2) is 13.2 Å². The lowest BCUT2D eigenvalue weighted by atomic mass is 10.00. The van der Waals surface area contributed by atoms with Gasteiger partial charge in [0.25, 0.3) is 0 Å². The van der Waals surface area contributed by atoms with Gasteiger partial charge in [-0.05, 0) is 44.4 Å². The van der Waals surface area contributed by atoms with Gasteiger partial charge in [0.2, 0.25) is 0 Å². The number of hydrogen-bond acceptors (Lipinski definition) is 2. The largest absolute Gasteiger partial charge is 0.496 e.